The molecule has 1 rings (SSSR count). The molecule has 1 saturated heterocycles. The maximum atomic E-state index is 12.2. The van der Waals surface area contributed by atoms with Crippen LogP contribution in [-0.2, 0) is 9.47 Å². The average Bonchev–Trinajstić information content (AvgIpc) is 3.19. The zero-order chi connectivity index (χ0) is 25.7. The molecule has 0 aromatic carbocycles. The van der Waals surface area contributed by atoms with Gasteiger partial charge in [0.05, 0.1) is 12.6 Å². The van der Waals surface area contributed by atoms with Gasteiger partial charge in [-0.15, -0.1) is 0 Å². The number of carbonyl (C=O) groups is 1. The van der Waals surface area contributed by atoms with E-state index < -0.39 is 5.60 Å². The number of rotatable bonds is 13. The number of allylic oxidation sites excluding steroid dienone is 6. The molecule has 0 saturated carbocycles. The highest BCUT2D eigenvalue weighted by Gasteiger charge is 2.30. The van der Waals surface area contributed by atoms with Gasteiger partial charge in [-0.3, -0.25) is 0 Å². The summed E-state index contributed by atoms with van der Waals surface area (Å²) in [6, 6.07) is 0. The third kappa shape index (κ3) is 12.4. The third-order valence-electron chi connectivity index (χ3n) is 5.60. The molecule has 0 bridgehead atoms. The van der Waals surface area contributed by atoms with Gasteiger partial charge in [0.1, 0.15) is 5.60 Å². The van der Waals surface area contributed by atoms with Crippen LogP contribution in [0.25, 0.3) is 0 Å². The molecule has 1 atom stereocenters. The molecule has 2 N–H and O–H groups in total. The summed E-state index contributed by atoms with van der Waals surface area (Å²) >= 11 is 0. The second kappa shape index (κ2) is 15.0. The lowest BCUT2D eigenvalue weighted by Gasteiger charge is -2.24. The Hall–Kier alpha value is -2.05. The predicted molar refractivity (Wildman–Crippen MR) is 143 cm³/mol. The molecule has 34 heavy (non-hydrogen) atoms. The van der Waals surface area contributed by atoms with Crippen molar-refractivity contribution in [3.05, 3.63) is 47.2 Å². The van der Waals surface area contributed by atoms with Crippen molar-refractivity contribution in [3.63, 3.8) is 0 Å². The number of nitrogens with two attached hydrogens (primary N) is 1. The van der Waals surface area contributed by atoms with Crippen molar-refractivity contribution in [3.8, 4) is 0 Å². The van der Waals surface area contributed by atoms with Crippen molar-refractivity contribution in [2.24, 2.45) is 5.73 Å². The number of hydrogen-bond acceptors (Lipinski definition) is 5. The minimum atomic E-state index is -0.462. The summed E-state index contributed by atoms with van der Waals surface area (Å²) in [5.74, 6) is 0. The molecule has 0 aromatic heterocycles. The van der Waals surface area contributed by atoms with E-state index in [9.17, 15) is 4.79 Å². The first-order valence-corrected chi connectivity index (χ1v) is 12.6. The normalized spacial score (nSPS) is 18.1. The Morgan fingerprint density at radius 2 is 1.91 bits per heavy atom. The zero-order valence-electron chi connectivity index (χ0n) is 22.8. The number of carbonyl (C=O) groups excluding carboxylic acids is 1. The van der Waals surface area contributed by atoms with Crippen LogP contribution >= 0.6 is 0 Å². The van der Waals surface area contributed by atoms with E-state index in [1.807, 2.05) is 40.7 Å². The molecule has 1 heterocycles. The number of ether oxygens (including phenoxy) is 2. The summed E-state index contributed by atoms with van der Waals surface area (Å²) in [4.78, 5) is 16.1. The largest absolute Gasteiger partial charge is 0.444 e. The van der Waals surface area contributed by atoms with E-state index in [1.54, 1.807) is 4.90 Å². The number of hydrogen-bond donors (Lipinski definition) is 1. The Kier molecular flexibility index (Phi) is 13.3. The van der Waals surface area contributed by atoms with Gasteiger partial charge in [0.25, 0.3) is 0 Å². The zero-order valence-corrected chi connectivity index (χ0v) is 22.8. The third-order valence-corrected chi connectivity index (χ3v) is 5.60. The van der Waals surface area contributed by atoms with Crippen LogP contribution in [0.5, 0.6) is 0 Å². The van der Waals surface area contributed by atoms with E-state index in [1.165, 1.54) is 5.57 Å². The van der Waals surface area contributed by atoms with Gasteiger partial charge in [-0.05, 0) is 92.0 Å². The maximum Gasteiger partial charge on any atom is 0.410 e. The standard InChI is InChI=1S/C28H49N3O3/c1-9-13-26(23(3)29)24(15-17-30(7)8)20-22(2)14-11-10-12-19-33-25-16-18-31(21-25)27(32)34-28(4,5)6/h9,13,20,25H,2,10-12,14-19,21,29H2,1,3-8H3/b13-9+,24-20-,26-23+. The quantitative estimate of drug-likeness (QED) is 0.269. The predicted octanol–water partition coefficient (Wildman–Crippen LogP) is 5.82. The van der Waals surface area contributed by atoms with Gasteiger partial charge >= 0.3 is 6.09 Å². The highest BCUT2D eigenvalue weighted by Crippen LogP contribution is 2.22. The van der Waals surface area contributed by atoms with Crippen molar-refractivity contribution in [2.45, 2.75) is 84.8 Å². The fourth-order valence-electron chi connectivity index (χ4n) is 3.84. The van der Waals surface area contributed by atoms with Crippen molar-refractivity contribution < 1.29 is 14.3 Å². The summed E-state index contributed by atoms with van der Waals surface area (Å²) < 4.78 is 11.5. The lowest BCUT2D eigenvalue weighted by Crippen LogP contribution is -2.36. The van der Waals surface area contributed by atoms with Gasteiger partial charge in [-0.1, -0.05) is 36.8 Å². The molecule has 0 aliphatic carbocycles. The van der Waals surface area contributed by atoms with E-state index in [4.69, 9.17) is 15.2 Å². The minimum Gasteiger partial charge on any atom is -0.444 e. The van der Waals surface area contributed by atoms with Crippen LogP contribution in [0.4, 0.5) is 4.79 Å². The topological polar surface area (TPSA) is 68.0 Å². The van der Waals surface area contributed by atoms with Gasteiger partial charge in [0, 0.05) is 25.4 Å². The first-order chi connectivity index (χ1) is 15.9. The number of amides is 1. The Morgan fingerprint density at radius 1 is 1.21 bits per heavy atom. The SMILES string of the molecule is C=C(\C=C(CCN(C)C)/C(/C=C/C)=C(\C)N)CCCCCOC1CCN(C(=O)OC(C)(C)C)C1. The second-order valence-electron chi connectivity index (χ2n) is 10.5. The van der Waals surface area contributed by atoms with Crippen LogP contribution in [0.2, 0.25) is 0 Å². The highest BCUT2D eigenvalue weighted by molar-refractivity contribution is 5.68. The molecule has 0 radical (unpaired) electrons. The summed E-state index contributed by atoms with van der Waals surface area (Å²) in [5.41, 5.74) is 10.0. The van der Waals surface area contributed by atoms with Gasteiger partial charge < -0.3 is 25.0 Å². The average molecular weight is 476 g/mol. The molecule has 194 valence electrons. The molecule has 1 fully saturated rings. The maximum absolute atomic E-state index is 12.2. The van der Waals surface area contributed by atoms with Gasteiger partial charge in [0.2, 0.25) is 0 Å². The number of unbranched alkanes of at least 4 members (excludes halogenated alkanes) is 2. The minimum absolute atomic E-state index is 0.112. The molecule has 1 aliphatic rings. The van der Waals surface area contributed by atoms with E-state index in [2.05, 4.69) is 37.7 Å². The summed E-state index contributed by atoms with van der Waals surface area (Å²) in [6.07, 6.45) is 12.2. The van der Waals surface area contributed by atoms with Gasteiger partial charge in [0.15, 0.2) is 0 Å². The van der Waals surface area contributed by atoms with E-state index >= 15 is 0 Å². The molecule has 1 unspecified atom stereocenters. The summed E-state index contributed by atoms with van der Waals surface area (Å²) in [5, 5.41) is 0. The molecule has 1 aliphatic heterocycles. The van der Waals surface area contributed by atoms with E-state index in [0.717, 1.165) is 68.5 Å². The summed E-state index contributed by atoms with van der Waals surface area (Å²) in [7, 11) is 4.17. The molecular formula is C28H49N3O3. The lowest BCUT2D eigenvalue weighted by molar-refractivity contribution is 0.0206. The fraction of sp³-hybridized carbons (Fsp3) is 0.679. The van der Waals surface area contributed by atoms with Crippen LogP contribution < -0.4 is 5.73 Å². The molecule has 6 heteroatoms. The van der Waals surface area contributed by atoms with E-state index in [0.29, 0.717) is 13.1 Å². The molecule has 0 aromatic rings. The van der Waals surface area contributed by atoms with Crippen LogP contribution in [-0.4, -0.2) is 67.9 Å². The van der Waals surface area contributed by atoms with Crippen molar-refractivity contribution >= 4 is 6.09 Å². The Balaban J connectivity index is 2.39. The highest BCUT2D eigenvalue weighted by atomic mass is 16.6. The van der Waals surface area contributed by atoms with Crippen LogP contribution in [0, 0.1) is 0 Å². The second-order valence-corrected chi connectivity index (χ2v) is 10.5. The Bertz CT molecular complexity index is 740. The number of likely N-dealkylation sites (tertiary alicyclic amines) is 1. The van der Waals surface area contributed by atoms with E-state index in [-0.39, 0.29) is 12.2 Å². The lowest BCUT2D eigenvalue weighted by atomic mass is 9.96. The monoisotopic (exact) mass is 475 g/mol. The fourth-order valence-corrected chi connectivity index (χ4v) is 3.84. The van der Waals surface area contributed by atoms with Crippen molar-refractivity contribution in [1.82, 2.24) is 9.80 Å². The molecule has 6 nitrogen and oxygen atoms in total. The van der Waals surface area contributed by atoms with Gasteiger partial charge in [-0.25, -0.2) is 4.79 Å². The van der Waals surface area contributed by atoms with Crippen molar-refractivity contribution in [2.75, 3.05) is 40.3 Å². The van der Waals surface area contributed by atoms with Crippen LogP contribution in [0.1, 0.15) is 73.1 Å². The smallest absolute Gasteiger partial charge is 0.410 e. The van der Waals surface area contributed by atoms with Crippen LogP contribution in [0.3, 0.4) is 0 Å². The van der Waals surface area contributed by atoms with Crippen LogP contribution in [0.15, 0.2) is 47.2 Å². The first-order valence-electron chi connectivity index (χ1n) is 12.6. The Labute approximate surface area is 208 Å². The summed E-state index contributed by atoms with van der Waals surface area (Å²) in [6.45, 7) is 17.0. The molecule has 1 amide bonds. The first kappa shape index (κ1) is 30.0. The van der Waals surface area contributed by atoms with Gasteiger partial charge in [-0.2, -0.15) is 0 Å². The molecule has 0 spiro atoms. The Morgan fingerprint density at radius 3 is 2.50 bits per heavy atom. The van der Waals surface area contributed by atoms with Crippen molar-refractivity contribution in [1.29, 1.82) is 0 Å². The molecular weight excluding hydrogens is 426 g/mol. The number of nitrogens with zero attached hydrogens (tertiary/aromatic N) is 2.